The van der Waals surface area contributed by atoms with Crippen LogP contribution in [0.25, 0.3) is 11.6 Å². The summed E-state index contributed by atoms with van der Waals surface area (Å²) in [6, 6.07) is 16.5. The van der Waals surface area contributed by atoms with Crippen molar-refractivity contribution in [3.63, 3.8) is 0 Å². The van der Waals surface area contributed by atoms with Crippen molar-refractivity contribution < 1.29 is 27.7 Å². The Morgan fingerprint density at radius 2 is 1.51 bits per heavy atom. The average molecular weight is 552 g/mol. The van der Waals surface area contributed by atoms with Crippen LogP contribution in [0.15, 0.2) is 78.0 Å². The Hall–Kier alpha value is -4.29. The first-order chi connectivity index (χ1) is 18.7. The molecule has 0 amide bonds. The second kappa shape index (κ2) is 11.6. The first kappa shape index (κ1) is 27.7. The summed E-state index contributed by atoms with van der Waals surface area (Å²) in [5, 5.41) is 9.50. The first-order valence-electron chi connectivity index (χ1n) is 12.0. The van der Waals surface area contributed by atoms with E-state index in [0.717, 1.165) is 4.31 Å². The third-order valence-corrected chi connectivity index (χ3v) is 7.35. The molecule has 2 heterocycles. The number of aliphatic hydroxyl groups is 1. The molecule has 2 aromatic carbocycles. The van der Waals surface area contributed by atoms with Gasteiger partial charge in [0.2, 0.25) is 11.6 Å². The largest absolute Gasteiger partial charge is 0.493 e. The lowest BCUT2D eigenvalue weighted by molar-refractivity contribution is 0.192. The topological polar surface area (TPSA) is 137 Å². The predicted molar refractivity (Wildman–Crippen MR) is 145 cm³/mol. The van der Waals surface area contributed by atoms with E-state index in [1.54, 1.807) is 69.3 Å². The molecule has 204 valence electrons. The molecule has 12 heteroatoms. The fourth-order valence-electron chi connectivity index (χ4n) is 3.70. The molecular weight excluding hydrogens is 522 g/mol. The van der Waals surface area contributed by atoms with E-state index in [2.05, 4.69) is 19.9 Å². The van der Waals surface area contributed by atoms with Crippen LogP contribution in [0.5, 0.6) is 23.1 Å². The zero-order valence-electron chi connectivity index (χ0n) is 22.0. The normalized spacial score (nSPS) is 11.6. The standard InChI is InChI=1S/C27H29N5O6S/c1-27(2,3)32(39(34,35)19-11-6-5-7-12-19)25-22(38-21-14-9-8-13-20(21)36-4)26(37-18-17-33)31-24(30-25)23-28-15-10-16-29-23/h5-16,33H,17-18H2,1-4H3. The van der Waals surface area contributed by atoms with Gasteiger partial charge in [0, 0.05) is 17.9 Å². The lowest BCUT2D eigenvalue weighted by atomic mass is 10.1. The van der Waals surface area contributed by atoms with E-state index < -0.39 is 15.6 Å². The summed E-state index contributed by atoms with van der Waals surface area (Å²) in [5.74, 6) is 0.490. The van der Waals surface area contributed by atoms with E-state index in [0.29, 0.717) is 5.75 Å². The molecule has 4 aromatic rings. The summed E-state index contributed by atoms with van der Waals surface area (Å²) < 4.78 is 46.9. The van der Waals surface area contributed by atoms with Crippen molar-refractivity contribution in [3.05, 3.63) is 73.1 Å². The molecule has 1 N–H and O–H groups in total. The fraction of sp³-hybridized carbons (Fsp3) is 0.259. The van der Waals surface area contributed by atoms with Crippen molar-refractivity contribution in [2.24, 2.45) is 0 Å². The van der Waals surface area contributed by atoms with Gasteiger partial charge in [0.25, 0.3) is 15.9 Å². The molecular formula is C27H29N5O6S. The van der Waals surface area contributed by atoms with E-state index >= 15 is 0 Å². The lowest BCUT2D eigenvalue weighted by Crippen LogP contribution is -2.46. The Balaban J connectivity index is 2.05. The third-order valence-electron chi connectivity index (χ3n) is 5.28. The number of hydrogen-bond donors (Lipinski definition) is 1. The third kappa shape index (κ3) is 6.07. The van der Waals surface area contributed by atoms with Crippen molar-refractivity contribution in [2.75, 3.05) is 24.6 Å². The Morgan fingerprint density at radius 1 is 0.872 bits per heavy atom. The number of sulfonamides is 1. The van der Waals surface area contributed by atoms with Crippen molar-refractivity contribution >= 4 is 15.8 Å². The molecule has 0 aliphatic heterocycles. The second-order valence-electron chi connectivity index (χ2n) is 9.16. The maximum Gasteiger partial charge on any atom is 0.266 e. The zero-order valence-corrected chi connectivity index (χ0v) is 22.8. The number of ether oxygens (including phenoxy) is 3. The highest BCUT2D eigenvalue weighted by Gasteiger charge is 2.39. The summed E-state index contributed by atoms with van der Waals surface area (Å²) in [5.41, 5.74) is -1.04. The van der Waals surface area contributed by atoms with Crippen LogP contribution in [0.2, 0.25) is 0 Å². The molecule has 0 saturated heterocycles. The molecule has 0 fully saturated rings. The molecule has 0 atom stereocenters. The molecule has 2 aromatic heterocycles. The van der Waals surface area contributed by atoms with Crippen LogP contribution in [0.3, 0.4) is 0 Å². The Kier molecular flexibility index (Phi) is 8.27. The highest BCUT2D eigenvalue weighted by molar-refractivity contribution is 7.92. The van der Waals surface area contributed by atoms with Gasteiger partial charge in [-0.2, -0.15) is 4.98 Å². The molecule has 11 nitrogen and oxygen atoms in total. The number of methoxy groups -OCH3 is 1. The van der Waals surface area contributed by atoms with Crippen LogP contribution in [0, 0.1) is 0 Å². The van der Waals surface area contributed by atoms with Crippen LogP contribution in [-0.2, 0) is 10.0 Å². The minimum Gasteiger partial charge on any atom is -0.493 e. The molecule has 0 saturated carbocycles. The summed E-state index contributed by atoms with van der Waals surface area (Å²) in [6.07, 6.45) is 3.03. The molecule has 0 unspecified atom stereocenters. The van der Waals surface area contributed by atoms with Gasteiger partial charge >= 0.3 is 0 Å². The smallest absolute Gasteiger partial charge is 0.266 e. The van der Waals surface area contributed by atoms with Gasteiger partial charge in [0.15, 0.2) is 23.1 Å². The van der Waals surface area contributed by atoms with E-state index in [1.807, 2.05) is 0 Å². The monoisotopic (exact) mass is 551 g/mol. The maximum atomic E-state index is 14.2. The SMILES string of the molecule is COc1ccccc1Oc1c(OCCO)nc(-c2ncccn2)nc1N(C(C)(C)C)S(=O)(=O)c1ccccc1. The first-order valence-corrected chi connectivity index (χ1v) is 13.4. The molecule has 39 heavy (non-hydrogen) atoms. The van der Waals surface area contributed by atoms with Crippen molar-refractivity contribution in [2.45, 2.75) is 31.2 Å². The summed E-state index contributed by atoms with van der Waals surface area (Å²) >= 11 is 0. The van der Waals surface area contributed by atoms with Gasteiger partial charge in [-0.3, -0.25) is 0 Å². The van der Waals surface area contributed by atoms with Gasteiger partial charge in [0.05, 0.1) is 18.6 Å². The van der Waals surface area contributed by atoms with Gasteiger partial charge in [-0.1, -0.05) is 30.3 Å². The molecule has 4 rings (SSSR count). The number of aromatic nitrogens is 4. The molecule has 0 aliphatic rings. The minimum absolute atomic E-state index is 0.00317. The number of rotatable bonds is 10. The molecule has 0 spiro atoms. The summed E-state index contributed by atoms with van der Waals surface area (Å²) in [6.45, 7) is 4.73. The molecule has 0 bridgehead atoms. The Bertz CT molecular complexity index is 1510. The van der Waals surface area contributed by atoms with Crippen molar-refractivity contribution in [1.82, 2.24) is 19.9 Å². The Labute approximate surface area is 227 Å². The number of aliphatic hydroxyl groups excluding tert-OH is 1. The van der Waals surface area contributed by atoms with Crippen LogP contribution in [-0.4, -0.2) is 59.3 Å². The van der Waals surface area contributed by atoms with Gasteiger partial charge < -0.3 is 19.3 Å². The van der Waals surface area contributed by atoms with Crippen LogP contribution in [0.4, 0.5) is 5.82 Å². The molecule has 0 radical (unpaired) electrons. The van der Waals surface area contributed by atoms with Gasteiger partial charge in [0.1, 0.15) is 6.61 Å². The van der Waals surface area contributed by atoms with Crippen molar-refractivity contribution in [1.29, 1.82) is 0 Å². The van der Waals surface area contributed by atoms with Gasteiger partial charge in [-0.15, -0.1) is 0 Å². The highest BCUT2D eigenvalue weighted by Crippen LogP contribution is 2.45. The molecule has 0 aliphatic carbocycles. The minimum atomic E-state index is -4.19. The average Bonchev–Trinajstić information content (AvgIpc) is 2.93. The number of nitrogens with zero attached hydrogens (tertiary/aromatic N) is 5. The lowest BCUT2D eigenvalue weighted by Gasteiger charge is -2.36. The Morgan fingerprint density at radius 3 is 2.13 bits per heavy atom. The van der Waals surface area contributed by atoms with Gasteiger partial charge in [-0.05, 0) is 51.1 Å². The van der Waals surface area contributed by atoms with E-state index in [4.69, 9.17) is 14.2 Å². The summed E-state index contributed by atoms with van der Waals surface area (Å²) in [4.78, 5) is 17.6. The fourth-order valence-corrected chi connectivity index (χ4v) is 5.49. The van der Waals surface area contributed by atoms with E-state index in [-0.39, 0.29) is 53.0 Å². The number of benzene rings is 2. The van der Waals surface area contributed by atoms with Crippen LogP contribution >= 0.6 is 0 Å². The van der Waals surface area contributed by atoms with E-state index in [9.17, 15) is 13.5 Å². The number of para-hydroxylation sites is 2. The quantitative estimate of drug-likeness (QED) is 0.307. The van der Waals surface area contributed by atoms with Crippen LogP contribution in [0.1, 0.15) is 20.8 Å². The zero-order chi connectivity index (χ0) is 28.0. The predicted octanol–water partition coefficient (Wildman–Crippen LogP) is 4.10. The van der Waals surface area contributed by atoms with Gasteiger partial charge in [-0.25, -0.2) is 27.7 Å². The number of anilines is 1. The maximum absolute atomic E-state index is 14.2. The second-order valence-corrected chi connectivity index (χ2v) is 10.9. The highest BCUT2D eigenvalue weighted by atomic mass is 32.2. The van der Waals surface area contributed by atoms with Crippen molar-refractivity contribution in [3.8, 4) is 34.8 Å². The summed E-state index contributed by atoms with van der Waals surface area (Å²) in [7, 11) is -2.71. The van der Waals surface area contributed by atoms with Crippen LogP contribution < -0.4 is 18.5 Å². The number of hydrogen-bond acceptors (Lipinski definition) is 10. The van der Waals surface area contributed by atoms with E-state index in [1.165, 1.54) is 31.6 Å².